The molecule has 0 spiro atoms. The predicted molar refractivity (Wildman–Crippen MR) is 93.2 cm³/mol. The maximum Gasteiger partial charge on any atom is 0.288 e. The van der Waals surface area contributed by atoms with Crippen molar-refractivity contribution in [2.24, 2.45) is 0 Å². The lowest BCUT2D eigenvalue weighted by Crippen LogP contribution is -2.30. The Labute approximate surface area is 152 Å². The van der Waals surface area contributed by atoms with Gasteiger partial charge in [0.05, 0.1) is 16.7 Å². The van der Waals surface area contributed by atoms with Crippen LogP contribution in [0.2, 0.25) is 5.02 Å². The van der Waals surface area contributed by atoms with Crippen molar-refractivity contribution in [3.05, 3.63) is 53.1 Å². The van der Waals surface area contributed by atoms with E-state index in [1.165, 1.54) is 42.5 Å². The lowest BCUT2D eigenvalue weighted by Gasteiger charge is -2.16. The Morgan fingerprint density at radius 3 is 2.52 bits per heavy atom. The molecule has 1 atom stereocenters. The number of anilines is 1. The third-order valence-corrected chi connectivity index (χ3v) is 4.10. The van der Waals surface area contributed by atoms with E-state index in [9.17, 15) is 13.6 Å². The number of carbonyl (C=O) groups is 1. The summed E-state index contributed by atoms with van der Waals surface area (Å²) in [6.45, 7) is 1.55. The van der Waals surface area contributed by atoms with Crippen LogP contribution in [-0.4, -0.2) is 17.8 Å². The molecule has 0 radical (unpaired) electrons. The maximum absolute atomic E-state index is 12.3. The maximum atomic E-state index is 12.3. The molecule has 0 saturated carbocycles. The molecule has 130 valence electrons. The number of ether oxygens (including phenoxy) is 1. The van der Waals surface area contributed by atoms with Crippen LogP contribution in [0.4, 0.5) is 14.5 Å². The average molecular weight is 383 g/mol. The number of benzene rings is 2. The summed E-state index contributed by atoms with van der Waals surface area (Å²) in [5, 5.41) is 11.7. The zero-order chi connectivity index (χ0) is 18.4. The number of alkyl halides is 2. The molecular formula is C17H13ClF2N2O2S. The highest BCUT2D eigenvalue weighted by molar-refractivity contribution is 7.99. The fourth-order valence-corrected chi connectivity index (χ4v) is 2.60. The molecule has 2 aromatic rings. The summed E-state index contributed by atoms with van der Waals surface area (Å²) < 4.78 is 30.0. The smallest absolute Gasteiger partial charge is 0.288 e. The van der Waals surface area contributed by atoms with Crippen molar-refractivity contribution in [1.82, 2.24) is 0 Å². The monoisotopic (exact) mass is 382 g/mol. The third-order valence-electron chi connectivity index (χ3n) is 3.08. The molecule has 0 aliphatic heterocycles. The van der Waals surface area contributed by atoms with Crippen molar-refractivity contribution in [1.29, 1.82) is 5.26 Å². The molecule has 2 aromatic carbocycles. The number of rotatable bonds is 6. The number of hydrogen-bond acceptors (Lipinski definition) is 4. The van der Waals surface area contributed by atoms with Gasteiger partial charge < -0.3 is 10.1 Å². The van der Waals surface area contributed by atoms with Gasteiger partial charge in [0.2, 0.25) is 0 Å². The van der Waals surface area contributed by atoms with Gasteiger partial charge in [-0.1, -0.05) is 23.4 Å². The molecule has 0 saturated heterocycles. The molecule has 0 heterocycles. The van der Waals surface area contributed by atoms with Crippen LogP contribution >= 0.6 is 23.4 Å². The van der Waals surface area contributed by atoms with E-state index >= 15 is 0 Å². The fourth-order valence-electron chi connectivity index (χ4n) is 1.87. The molecule has 4 nitrogen and oxygen atoms in total. The second kappa shape index (κ2) is 8.70. The first-order chi connectivity index (χ1) is 11.9. The summed E-state index contributed by atoms with van der Waals surface area (Å²) >= 11 is 6.43. The van der Waals surface area contributed by atoms with Crippen LogP contribution in [0.3, 0.4) is 0 Å². The lowest BCUT2D eigenvalue weighted by molar-refractivity contribution is -0.122. The van der Waals surface area contributed by atoms with Crippen LogP contribution in [0.25, 0.3) is 0 Å². The van der Waals surface area contributed by atoms with Crippen LogP contribution in [0, 0.1) is 11.3 Å². The van der Waals surface area contributed by atoms with Gasteiger partial charge in [0.15, 0.2) is 6.10 Å². The van der Waals surface area contributed by atoms with Crippen molar-refractivity contribution in [2.75, 3.05) is 5.32 Å². The normalized spacial score (nSPS) is 11.7. The number of nitrogens with zero attached hydrogens (tertiary/aromatic N) is 1. The summed E-state index contributed by atoms with van der Waals surface area (Å²) in [7, 11) is 0. The quantitative estimate of drug-likeness (QED) is 0.719. The Bertz CT molecular complexity index is 794. The van der Waals surface area contributed by atoms with Gasteiger partial charge in [-0.3, -0.25) is 4.79 Å². The van der Waals surface area contributed by atoms with E-state index in [0.717, 1.165) is 0 Å². The molecule has 0 fully saturated rings. The van der Waals surface area contributed by atoms with Crippen LogP contribution in [-0.2, 0) is 4.79 Å². The first-order valence-corrected chi connectivity index (χ1v) is 8.37. The largest absolute Gasteiger partial charge is 0.479 e. The number of nitriles is 1. The second-order valence-corrected chi connectivity index (χ2v) is 6.38. The highest BCUT2D eigenvalue weighted by atomic mass is 35.5. The number of thioether (sulfide) groups is 1. The van der Waals surface area contributed by atoms with E-state index in [0.29, 0.717) is 27.9 Å². The summed E-state index contributed by atoms with van der Waals surface area (Å²) in [6.07, 6.45) is -0.847. The fraction of sp³-hybridized carbons (Fsp3) is 0.176. The average Bonchev–Trinajstić information content (AvgIpc) is 2.57. The van der Waals surface area contributed by atoms with Crippen LogP contribution in [0.15, 0.2) is 47.4 Å². The van der Waals surface area contributed by atoms with Crippen molar-refractivity contribution in [2.45, 2.75) is 23.7 Å². The molecule has 0 bridgehead atoms. The standard InChI is InChI=1S/C17H13ClF2N2O2S/c1-10(24-15-7-2-11(9-21)8-14(15)18)16(23)22-12-3-5-13(6-4-12)25-17(19)20/h2-8,10,17H,1H3,(H,22,23)/t10-/m0/s1. The molecule has 0 aromatic heterocycles. The number of halogens is 3. The van der Waals surface area contributed by atoms with Gasteiger partial charge in [-0.05, 0) is 49.4 Å². The van der Waals surface area contributed by atoms with E-state index in [1.807, 2.05) is 6.07 Å². The first-order valence-electron chi connectivity index (χ1n) is 7.11. The van der Waals surface area contributed by atoms with Gasteiger partial charge in [-0.2, -0.15) is 14.0 Å². The van der Waals surface area contributed by atoms with Gasteiger partial charge in [0, 0.05) is 10.6 Å². The Morgan fingerprint density at radius 1 is 1.28 bits per heavy atom. The van der Waals surface area contributed by atoms with Crippen molar-refractivity contribution in [3.63, 3.8) is 0 Å². The molecule has 0 unspecified atom stereocenters. The molecule has 1 N–H and O–H groups in total. The summed E-state index contributed by atoms with van der Waals surface area (Å²) in [5.41, 5.74) is 0.848. The Balaban J connectivity index is 1.97. The van der Waals surface area contributed by atoms with E-state index in [4.69, 9.17) is 21.6 Å². The minimum Gasteiger partial charge on any atom is -0.479 e. The van der Waals surface area contributed by atoms with E-state index < -0.39 is 17.8 Å². The zero-order valence-electron chi connectivity index (χ0n) is 13.0. The van der Waals surface area contributed by atoms with Gasteiger partial charge in [-0.25, -0.2) is 0 Å². The molecule has 0 aliphatic rings. The van der Waals surface area contributed by atoms with Crippen molar-refractivity contribution in [3.8, 4) is 11.8 Å². The number of hydrogen-bond donors (Lipinski definition) is 1. The van der Waals surface area contributed by atoms with E-state index in [2.05, 4.69) is 5.32 Å². The van der Waals surface area contributed by atoms with E-state index in [-0.39, 0.29) is 10.8 Å². The Hall–Kier alpha value is -2.30. The van der Waals surface area contributed by atoms with Gasteiger partial charge >= 0.3 is 0 Å². The summed E-state index contributed by atoms with van der Waals surface area (Å²) in [4.78, 5) is 12.6. The first kappa shape index (κ1) is 19.0. The third kappa shape index (κ3) is 5.62. The highest BCUT2D eigenvalue weighted by Crippen LogP contribution is 2.27. The molecule has 8 heteroatoms. The Kier molecular flexibility index (Phi) is 6.62. The number of nitrogens with one attached hydrogen (secondary N) is 1. The molecule has 0 aliphatic carbocycles. The zero-order valence-corrected chi connectivity index (χ0v) is 14.6. The summed E-state index contributed by atoms with van der Waals surface area (Å²) in [5.74, 6) is -2.63. The Morgan fingerprint density at radius 2 is 1.96 bits per heavy atom. The lowest BCUT2D eigenvalue weighted by atomic mass is 10.2. The molecular weight excluding hydrogens is 370 g/mol. The minimum atomic E-state index is -2.49. The van der Waals surface area contributed by atoms with Gasteiger partial charge in [0.25, 0.3) is 11.7 Å². The topological polar surface area (TPSA) is 62.1 Å². The second-order valence-electron chi connectivity index (χ2n) is 4.91. The molecule has 2 rings (SSSR count). The SMILES string of the molecule is C[C@H](Oc1ccc(C#N)cc1Cl)C(=O)Nc1ccc(SC(F)F)cc1. The minimum absolute atomic E-state index is 0.229. The van der Waals surface area contributed by atoms with Gasteiger partial charge in [0.1, 0.15) is 5.75 Å². The van der Waals surface area contributed by atoms with Crippen LogP contribution < -0.4 is 10.1 Å². The number of carbonyl (C=O) groups excluding carboxylic acids is 1. The van der Waals surface area contributed by atoms with Crippen molar-refractivity contribution >= 4 is 35.0 Å². The number of amides is 1. The van der Waals surface area contributed by atoms with Crippen molar-refractivity contribution < 1.29 is 18.3 Å². The predicted octanol–water partition coefficient (Wildman–Crippen LogP) is 4.93. The summed E-state index contributed by atoms with van der Waals surface area (Å²) in [6, 6.07) is 12.5. The highest BCUT2D eigenvalue weighted by Gasteiger charge is 2.17. The van der Waals surface area contributed by atoms with Crippen LogP contribution in [0.1, 0.15) is 12.5 Å². The van der Waals surface area contributed by atoms with Gasteiger partial charge in [-0.15, -0.1) is 0 Å². The molecule has 1 amide bonds. The molecule has 25 heavy (non-hydrogen) atoms. The van der Waals surface area contributed by atoms with E-state index in [1.54, 1.807) is 6.92 Å². The van der Waals surface area contributed by atoms with Crippen LogP contribution in [0.5, 0.6) is 5.75 Å².